The standard InChI is InChI=1S/C41H25N6P.Pt/c1-44-33-14-6-3-11-28(33)24-38(44)48-23-21-27-18-19-37(42-41(27)48)46-35-16-8-4-12-29(35)31-25-32-30-13-5-9-17-36(30)47(40(32)43-39(31)46)45-22-20-26-10-2-7-15-34(26)45;/h2-21,23,25H,1H3;/q-2;+2. The third-order valence-electron chi connectivity index (χ3n) is 9.77. The number of aryl methyl sites for hydroxylation is 1. The Balaban J connectivity index is 0.00000306. The molecule has 0 amide bonds. The summed E-state index contributed by atoms with van der Waals surface area (Å²) < 4.78 is 8.80. The van der Waals surface area contributed by atoms with Crippen LogP contribution in [-0.4, -0.2) is 28.5 Å². The maximum Gasteiger partial charge on any atom is 2.00 e. The summed E-state index contributed by atoms with van der Waals surface area (Å²) in [5.74, 6) is 3.17. The van der Waals surface area contributed by atoms with Crippen LogP contribution in [0.25, 0.3) is 87.6 Å². The molecule has 0 saturated heterocycles. The fourth-order valence-corrected chi connectivity index (χ4v) is 9.64. The van der Waals surface area contributed by atoms with Gasteiger partial charge in [0.05, 0.1) is 16.3 Å². The van der Waals surface area contributed by atoms with Crippen molar-refractivity contribution in [2.45, 2.75) is 0 Å². The molecule has 0 spiro atoms. The van der Waals surface area contributed by atoms with Crippen LogP contribution in [0.1, 0.15) is 0 Å². The van der Waals surface area contributed by atoms with Gasteiger partial charge in [0.1, 0.15) is 11.5 Å². The Morgan fingerprint density at radius 1 is 0.612 bits per heavy atom. The predicted molar refractivity (Wildman–Crippen MR) is 198 cm³/mol. The number of fused-ring (bicyclic) bond motifs is 9. The van der Waals surface area contributed by atoms with Gasteiger partial charge in [-0.25, -0.2) is 9.97 Å². The molecule has 1 unspecified atom stereocenters. The minimum Gasteiger partial charge on any atom is -0.404 e. The number of hydrogen-bond acceptors (Lipinski definition) is 2. The quantitative estimate of drug-likeness (QED) is 0.167. The van der Waals surface area contributed by atoms with E-state index in [1.807, 2.05) is 6.07 Å². The maximum atomic E-state index is 5.53. The van der Waals surface area contributed by atoms with Gasteiger partial charge in [-0.3, -0.25) is 9.24 Å². The van der Waals surface area contributed by atoms with Crippen molar-refractivity contribution in [2.75, 3.05) is 0 Å². The fraction of sp³-hybridized carbons (Fsp3) is 0.0244. The Bertz CT molecular complexity index is 3100. The molecule has 11 rings (SSSR count). The monoisotopic (exact) mass is 827 g/mol. The molecule has 0 bridgehead atoms. The molecule has 0 fully saturated rings. The predicted octanol–water partition coefficient (Wildman–Crippen LogP) is 10.2. The van der Waals surface area contributed by atoms with E-state index in [2.05, 4.69) is 165 Å². The first kappa shape index (κ1) is 28.6. The van der Waals surface area contributed by atoms with E-state index in [0.29, 0.717) is 0 Å². The minimum atomic E-state index is -0.821. The summed E-state index contributed by atoms with van der Waals surface area (Å²) >= 11 is 0. The van der Waals surface area contributed by atoms with Crippen LogP contribution < -0.4 is 0 Å². The van der Waals surface area contributed by atoms with Gasteiger partial charge in [-0.1, -0.05) is 85.4 Å². The number of rotatable bonds is 3. The Hall–Kier alpha value is -5.41. The van der Waals surface area contributed by atoms with Crippen molar-refractivity contribution in [3.63, 3.8) is 0 Å². The van der Waals surface area contributed by atoms with Crippen molar-refractivity contribution in [1.82, 2.24) is 28.5 Å². The van der Waals surface area contributed by atoms with E-state index >= 15 is 0 Å². The SMILES string of the molecule is Cn1c(-p2ccc3ccc(-n4c5ccccc5c5cc6c7ccccc7n(-n7[c-]cc8ccccc87)c6nc54)nc32)[c-]c2ccccc21.[Pt+2]. The number of aromatic nitrogens is 6. The van der Waals surface area contributed by atoms with Crippen LogP contribution in [0.4, 0.5) is 0 Å². The number of benzene rings is 4. The third-order valence-corrected chi connectivity index (χ3v) is 11.9. The van der Waals surface area contributed by atoms with Crippen LogP contribution in [0.5, 0.6) is 0 Å². The van der Waals surface area contributed by atoms with Crippen molar-refractivity contribution in [1.29, 1.82) is 0 Å². The first-order valence-corrected chi connectivity index (χ1v) is 17.4. The Morgan fingerprint density at radius 2 is 1.31 bits per heavy atom. The van der Waals surface area contributed by atoms with Crippen molar-refractivity contribution in [3.8, 4) is 11.3 Å². The zero-order valence-corrected chi connectivity index (χ0v) is 29.3. The van der Waals surface area contributed by atoms with E-state index in [9.17, 15) is 0 Å². The van der Waals surface area contributed by atoms with E-state index in [1.54, 1.807) is 0 Å². The summed E-state index contributed by atoms with van der Waals surface area (Å²) in [4.78, 5) is 11.0. The maximum absolute atomic E-state index is 5.53. The van der Waals surface area contributed by atoms with Gasteiger partial charge >= 0.3 is 21.1 Å². The van der Waals surface area contributed by atoms with E-state index in [4.69, 9.17) is 9.97 Å². The summed E-state index contributed by atoms with van der Waals surface area (Å²) in [6.45, 7) is 0. The summed E-state index contributed by atoms with van der Waals surface area (Å²) in [6, 6.07) is 48.6. The Morgan fingerprint density at radius 3 is 2.14 bits per heavy atom. The van der Waals surface area contributed by atoms with Gasteiger partial charge in [0.2, 0.25) is 0 Å². The molecular weight excluding hydrogens is 803 g/mol. The topological polar surface area (TPSA) is 45.5 Å². The molecule has 0 aliphatic carbocycles. The van der Waals surface area contributed by atoms with Crippen LogP contribution >= 0.6 is 7.53 Å². The largest absolute Gasteiger partial charge is 2.00 e. The second-order valence-electron chi connectivity index (χ2n) is 12.3. The van der Waals surface area contributed by atoms with Gasteiger partial charge in [0, 0.05) is 26.9 Å². The number of para-hydroxylation sites is 4. The molecule has 49 heavy (non-hydrogen) atoms. The molecule has 0 aliphatic heterocycles. The van der Waals surface area contributed by atoms with E-state index in [0.717, 1.165) is 76.6 Å². The second kappa shape index (κ2) is 10.5. The van der Waals surface area contributed by atoms with Crippen LogP contribution in [-0.2, 0) is 28.1 Å². The molecular formula is C41H25N6PPt. The summed E-state index contributed by atoms with van der Waals surface area (Å²) in [5, 5.41) is 9.04. The molecule has 6 nitrogen and oxygen atoms in total. The van der Waals surface area contributed by atoms with Crippen LogP contribution in [0, 0.1) is 12.3 Å². The zero-order chi connectivity index (χ0) is 31.5. The zero-order valence-electron chi connectivity index (χ0n) is 26.1. The number of hydrogen-bond donors (Lipinski definition) is 0. The molecule has 234 valence electrons. The van der Waals surface area contributed by atoms with Crippen LogP contribution in [0.3, 0.4) is 0 Å². The van der Waals surface area contributed by atoms with Crippen LogP contribution in [0.2, 0.25) is 0 Å². The van der Waals surface area contributed by atoms with Crippen molar-refractivity contribution < 1.29 is 21.1 Å². The first-order valence-electron chi connectivity index (χ1n) is 16.0. The Kier molecular flexibility index (Phi) is 6.15. The molecule has 7 aromatic heterocycles. The minimum absolute atomic E-state index is 0. The van der Waals surface area contributed by atoms with Crippen LogP contribution in [0.15, 0.2) is 133 Å². The van der Waals surface area contributed by atoms with Gasteiger partial charge in [-0.15, -0.1) is 24.3 Å². The van der Waals surface area contributed by atoms with E-state index in [-0.39, 0.29) is 21.1 Å². The van der Waals surface area contributed by atoms with E-state index in [1.165, 1.54) is 11.0 Å². The van der Waals surface area contributed by atoms with Crippen molar-refractivity contribution in [3.05, 3.63) is 145 Å². The normalized spacial score (nSPS) is 12.4. The van der Waals surface area contributed by atoms with Crippen molar-refractivity contribution >= 4 is 83.8 Å². The molecule has 7 heterocycles. The molecule has 0 N–H and O–H groups in total. The van der Waals surface area contributed by atoms with Crippen molar-refractivity contribution in [2.24, 2.45) is 7.05 Å². The summed E-state index contributed by atoms with van der Waals surface area (Å²) in [5.41, 5.74) is 7.36. The number of pyridine rings is 2. The van der Waals surface area contributed by atoms with Gasteiger partial charge in [0.15, 0.2) is 5.65 Å². The van der Waals surface area contributed by atoms with Gasteiger partial charge in [-0.05, 0) is 54.7 Å². The first-order chi connectivity index (χ1) is 23.7. The molecule has 11 aromatic rings. The van der Waals surface area contributed by atoms with Gasteiger partial charge < -0.3 is 9.24 Å². The average molecular weight is 828 g/mol. The smallest absolute Gasteiger partial charge is 0.404 e. The molecule has 4 aromatic carbocycles. The average Bonchev–Trinajstić information content (AvgIpc) is 3.94. The fourth-order valence-electron chi connectivity index (χ4n) is 7.54. The molecule has 0 saturated carbocycles. The number of nitrogens with zero attached hydrogens (tertiary/aromatic N) is 6. The third kappa shape index (κ3) is 3.93. The second-order valence-corrected chi connectivity index (χ2v) is 14.2. The van der Waals surface area contributed by atoms with Gasteiger partial charge in [-0.2, -0.15) is 22.9 Å². The van der Waals surface area contributed by atoms with E-state index < -0.39 is 7.53 Å². The Labute approximate surface area is 295 Å². The molecule has 0 radical (unpaired) electrons. The molecule has 8 heteroatoms. The summed E-state index contributed by atoms with van der Waals surface area (Å²) in [6.07, 6.45) is 3.49. The molecule has 1 atom stereocenters. The summed E-state index contributed by atoms with van der Waals surface area (Å²) in [7, 11) is 1.32. The molecule has 0 aliphatic rings. The van der Waals surface area contributed by atoms with Gasteiger partial charge in [0.25, 0.3) is 0 Å².